The molecule has 7 nitrogen and oxygen atoms in total. The van der Waals surface area contributed by atoms with E-state index in [9.17, 15) is 24.2 Å². The zero-order valence-corrected chi connectivity index (χ0v) is 9.91. The normalized spacial score (nSPS) is 13.7. The van der Waals surface area contributed by atoms with Gasteiger partial charge in [0, 0.05) is 0 Å². The van der Waals surface area contributed by atoms with Gasteiger partial charge in [0.2, 0.25) is 0 Å². The fraction of sp³-hybridized carbons (Fsp3) is 0.364. The molecule has 0 fully saturated rings. The Morgan fingerprint density at radius 3 is 2.63 bits per heavy atom. The van der Waals surface area contributed by atoms with Crippen molar-refractivity contribution in [1.82, 2.24) is 4.98 Å². The Kier molecular flexibility index (Phi) is 4.90. The molecule has 1 heterocycles. The smallest absolute Gasteiger partial charge is 0.338 e. The molecule has 0 spiro atoms. The van der Waals surface area contributed by atoms with Crippen LogP contribution in [0.1, 0.15) is 28.6 Å². The van der Waals surface area contributed by atoms with Crippen LogP contribution in [0, 0.1) is 5.82 Å². The largest absolute Gasteiger partial charge is 0.478 e. The number of aliphatic hydroxyl groups excluding tert-OH is 2. The van der Waals surface area contributed by atoms with Crippen LogP contribution in [-0.4, -0.2) is 45.5 Å². The lowest BCUT2D eigenvalue weighted by atomic mass is 10.1. The number of carboxylic acids is 1. The van der Waals surface area contributed by atoms with Crippen LogP contribution in [0.5, 0.6) is 0 Å². The van der Waals surface area contributed by atoms with Crippen LogP contribution < -0.4 is 0 Å². The zero-order valence-electron chi connectivity index (χ0n) is 9.91. The third-order valence-corrected chi connectivity index (χ3v) is 2.38. The Hall–Kier alpha value is -2.06. The van der Waals surface area contributed by atoms with E-state index in [1.165, 1.54) is 0 Å². The Morgan fingerprint density at radius 1 is 1.47 bits per heavy atom. The summed E-state index contributed by atoms with van der Waals surface area (Å²) in [6.07, 6.45) is -3.05. The molecule has 0 saturated carbocycles. The third kappa shape index (κ3) is 3.70. The van der Waals surface area contributed by atoms with Crippen molar-refractivity contribution in [3.8, 4) is 0 Å². The molecule has 8 heteroatoms. The molecule has 2 atom stereocenters. The average molecular weight is 273 g/mol. The Balaban J connectivity index is 2.93. The van der Waals surface area contributed by atoms with Crippen molar-refractivity contribution < 1.29 is 34.0 Å². The number of esters is 1. The monoisotopic (exact) mass is 273 g/mol. The molecule has 0 amide bonds. The second-order valence-electron chi connectivity index (χ2n) is 3.69. The minimum Gasteiger partial charge on any atom is -0.478 e. The lowest BCUT2D eigenvalue weighted by Crippen LogP contribution is -2.23. The topological polar surface area (TPSA) is 117 Å². The third-order valence-electron chi connectivity index (χ3n) is 2.38. The molecule has 0 radical (unpaired) electrons. The number of nitrogens with zero attached hydrogens (tertiary/aromatic N) is 1. The van der Waals surface area contributed by atoms with E-state index in [0.29, 0.717) is 6.20 Å². The Morgan fingerprint density at radius 2 is 2.11 bits per heavy atom. The van der Waals surface area contributed by atoms with Crippen LogP contribution in [0.4, 0.5) is 4.39 Å². The fourth-order valence-corrected chi connectivity index (χ4v) is 1.34. The highest BCUT2D eigenvalue weighted by molar-refractivity contribution is 5.87. The number of hydrogen-bond donors (Lipinski definition) is 3. The molecule has 1 aromatic rings. The summed E-state index contributed by atoms with van der Waals surface area (Å²) in [5.41, 5.74) is -0.940. The molecular weight excluding hydrogens is 261 g/mol. The van der Waals surface area contributed by atoms with Crippen molar-refractivity contribution >= 4 is 11.9 Å². The van der Waals surface area contributed by atoms with Crippen LogP contribution in [0.25, 0.3) is 0 Å². The van der Waals surface area contributed by atoms with Crippen molar-refractivity contribution in [2.45, 2.75) is 18.6 Å². The summed E-state index contributed by atoms with van der Waals surface area (Å²) >= 11 is 0. The van der Waals surface area contributed by atoms with Gasteiger partial charge in [0.1, 0.15) is 6.10 Å². The first-order chi connectivity index (χ1) is 8.86. The highest BCUT2D eigenvalue weighted by atomic mass is 19.1. The number of aliphatic hydroxyl groups is 2. The van der Waals surface area contributed by atoms with Gasteiger partial charge in [0.15, 0.2) is 5.82 Å². The number of ether oxygens (including phenoxy) is 1. The molecule has 3 N–H and O–H groups in total. The number of pyridine rings is 1. The number of halogens is 1. The van der Waals surface area contributed by atoms with Crippen molar-refractivity contribution in [1.29, 1.82) is 0 Å². The molecule has 1 aromatic heterocycles. The SMILES string of the molecule is COC(=O)CC(O)C(O)c1cc(C(=O)O)c(F)cn1. The number of aromatic nitrogens is 1. The van der Waals surface area contributed by atoms with Gasteiger partial charge in [-0.25, -0.2) is 9.18 Å². The maximum Gasteiger partial charge on any atom is 0.338 e. The van der Waals surface area contributed by atoms with Crippen LogP contribution in [0.15, 0.2) is 12.3 Å². The highest BCUT2D eigenvalue weighted by Crippen LogP contribution is 2.19. The van der Waals surface area contributed by atoms with E-state index in [-0.39, 0.29) is 5.69 Å². The number of rotatable bonds is 5. The molecule has 0 aromatic carbocycles. The summed E-state index contributed by atoms with van der Waals surface area (Å²) in [5, 5.41) is 27.9. The lowest BCUT2D eigenvalue weighted by Gasteiger charge is -2.16. The summed E-state index contributed by atoms with van der Waals surface area (Å²) in [4.78, 5) is 25.1. The van der Waals surface area contributed by atoms with Gasteiger partial charge in [-0.15, -0.1) is 0 Å². The van der Waals surface area contributed by atoms with Gasteiger partial charge >= 0.3 is 11.9 Å². The van der Waals surface area contributed by atoms with Gasteiger partial charge < -0.3 is 20.1 Å². The number of carbonyl (C=O) groups excluding carboxylic acids is 1. The number of methoxy groups -OCH3 is 1. The van der Waals surface area contributed by atoms with E-state index in [1.54, 1.807) is 0 Å². The summed E-state index contributed by atoms with van der Waals surface area (Å²) in [6.45, 7) is 0. The average Bonchev–Trinajstić information content (AvgIpc) is 2.37. The van der Waals surface area contributed by atoms with E-state index >= 15 is 0 Å². The van der Waals surface area contributed by atoms with E-state index < -0.39 is 41.9 Å². The van der Waals surface area contributed by atoms with E-state index in [1.807, 2.05) is 0 Å². The summed E-state index contributed by atoms with van der Waals surface area (Å²) in [5.74, 6) is -3.35. The van der Waals surface area contributed by atoms with Crippen molar-refractivity contribution in [2.75, 3.05) is 7.11 Å². The first-order valence-corrected chi connectivity index (χ1v) is 5.18. The van der Waals surface area contributed by atoms with Crippen LogP contribution >= 0.6 is 0 Å². The van der Waals surface area contributed by atoms with Gasteiger partial charge in [-0.2, -0.15) is 0 Å². The van der Waals surface area contributed by atoms with Crippen molar-refractivity contribution in [2.24, 2.45) is 0 Å². The fourth-order valence-electron chi connectivity index (χ4n) is 1.34. The number of carboxylic acid groups (broad SMARTS) is 1. The van der Waals surface area contributed by atoms with Gasteiger partial charge in [0.05, 0.1) is 37.1 Å². The molecule has 0 saturated heterocycles. The lowest BCUT2D eigenvalue weighted by molar-refractivity contribution is -0.144. The zero-order chi connectivity index (χ0) is 14.6. The predicted molar refractivity (Wildman–Crippen MR) is 58.8 cm³/mol. The molecule has 104 valence electrons. The molecular formula is C11H12FNO6. The quantitative estimate of drug-likeness (QED) is 0.640. The second kappa shape index (κ2) is 6.21. The summed E-state index contributed by atoms with van der Waals surface area (Å²) in [7, 11) is 1.11. The minimum absolute atomic E-state index is 0.254. The van der Waals surface area contributed by atoms with E-state index in [4.69, 9.17) is 5.11 Å². The Labute approximate surface area is 107 Å². The second-order valence-corrected chi connectivity index (χ2v) is 3.69. The van der Waals surface area contributed by atoms with Gasteiger partial charge in [-0.05, 0) is 6.07 Å². The van der Waals surface area contributed by atoms with Crippen molar-refractivity contribution in [3.05, 3.63) is 29.3 Å². The number of hydrogen-bond acceptors (Lipinski definition) is 6. The summed E-state index contributed by atoms with van der Waals surface area (Å²) < 4.78 is 17.4. The minimum atomic E-state index is -1.63. The first kappa shape index (κ1) is 15.0. The summed E-state index contributed by atoms with van der Waals surface area (Å²) in [6, 6.07) is 0.794. The molecule has 1 rings (SSSR count). The van der Waals surface area contributed by atoms with Gasteiger partial charge in [-0.3, -0.25) is 9.78 Å². The number of carbonyl (C=O) groups is 2. The molecule has 0 aliphatic carbocycles. The Bertz CT molecular complexity index is 492. The molecule has 19 heavy (non-hydrogen) atoms. The standard InChI is InChI=1S/C11H12FNO6/c1-19-9(15)3-8(14)10(16)7-2-5(11(17)18)6(12)4-13-7/h2,4,8,10,14,16H,3H2,1H3,(H,17,18). The van der Waals surface area contributed by atoms with Crippen molar-refractivity contribution in [3.63, 3.8) is 0 Å². The molecule has 0 aliphatic heterocycles. The van der Waals surface area contributed by atoms with E-state index in [2.05, 4.69) is 9.72 Å². The van der Waals surface area contributed by atoms with Crippen LogP contribution in [-0.2, 0) is 9.53 Å². The van der Waals surface area contributed by atoms with Crippen LogP contribution in [0.2, 0.25) is 0 Å². The van der Waals surface area contributed by atoms with Gasteiger partial charge in [0.25, 0.3) is 0 Å². The van der Waals surface area contributed by atoms with Gasteiger partial charge in [-0.1, -0.05) is 0 Å². The number of aromatic carboxylic acids is 1. The molecule has 0 aliphatic rings. The maximum atomic E-state index is 13.1. The molecule has 2 unspecified atom stereocenters. The molecule has 0 bridgehead atoms. The highest BCUT2D eigenvalue weighted by Gasteiger charge is 2.24. The maximum absolute atomic E-state index is 13.1. The van der Waals surface area contributed by atoms with E-state index in [0.717, 1.165) is 13.2 Å². The predicted octanol–water partition coefficient (Wildman–Crippen LogP) is -0.124. The first-order valence-electron chi connectivity index (χ1n) is 5.18. The van der Waals surface area contributed by atoms with Crippen LogP contribution in [0.3, 0.4) is 0 Å².